The van der Waals surface area contributed by atoms with Crippen LogP contribution in [0.5, 0.6) is 0 Å². The molecule has 0 fully saturated rings. The van der Waals surface area contributed by atoms with Crippen LogP contribution < -0.4 is 16.4 Å². The number of aryl methyl sites for hydroxylation is 2. The third kappa shape index (κ3) is 4.24. The van der Waals surface area contributed by atoms with Crippen LogP contribution in [0, 0.1) is 13.8 Å². The first-order valence-electron chi connectivity index (χ1n) is 9.83. The standard InChI is InChI=1S/C22H29N5OS/c1-12(2)16-8-7-9-17(13(3)4)20(16)22(24-11-18(29-22)21(23)28)27-19-10-14(5)25-15(6)26-19/h7-13,24H,1-6H3,(H2,23,28)(H,25,26,27). The molecule has 1 atom stereocenters. The number of amides is 1. The lowest BCUT2D eigenvalue weighted by Crippen LogP contribution is -2.43. The molecule has 3 rings (SSSR count). The van der Waals surface area contributed by atoms with E-state index in [1.807, 2.05) is 19.9 Å². The molecule has 154 valence electrons. The van der Waals surface area contributed by atoms with Crippen LogP contribution in [0.15, 0.2) is 35.4 Å². The van der Waals surface area contributed by atoms with Gasteiger partial charge in [0.25, 0.3) is 5.91 Å². The SMILES string of the molecule is Cc1cc(NC2(c3c(C(C)C)cccc3C(C)C)NC=C(C(N)=O)S2)nc(C)n1. The van der Waals surface area contributed by atoms with Gasteiger partial charge in [-0.15, -0.1) is 0 Å². The number of thioether (sulfide) groups is 1. The molecule has 1 aromatic heterocycles. The average Bonchev–Trinajstić information content (AvgIpc) is 3.05. The van der Waals surface area contributed by atoms with Gasteiger partial charge in [0, 0.05) is 23.5 Å². The minimum absolute atomic E-state index is 0.302. The van der Waals surface area contributed by atoms with E-state index in [0.717, 1.165) is 11.3 Å². The van der Waals surface area contributed by atoms with Crippen molar-refractivity contribution in [3.8, 4) is 0 Å². The second-order valence-electron chi connectivity index (χ2n) is 7.99. The highest BCUT2D eigenvalue weighted by atomic mass is 32.2. The van der Waals surface area contributed by atoms with Gasteiger partial charge < -0.3 is 16.4 Å². The van der Waals surface area contributed by atoms with Crippen LogP contribution in [0.1, 0.15) is 67.7 Å². The molecule has 2 heterocycles. The lowest BCUT2D eigenvalue weighted by molar-refractivity contribution is -0.113. The Balaban J connectivity index is 2.21. The smallest absolute Gasteiger partial charge is 0.256 e. The molecule has 1 amide bonds. The first-order chi connectivity index (χ1) is 13.6. The number of aromatic nitrogens is 2. The maximum absolute atomic E-state index is 12.0. The van der Waals surface area contributed by atoms with Crippen molar-refractivity contribution in [2.75, 3.05) is 5.32 Å². The van der Waals surface area contributed by atoms with E-state index in [9.17, 15) is 4.79 Å². The van der Waals surface area contributed by atoms with Gasteiger partial charge in [0.15, 0.2) is 4.99 Å². The number of rotatable bonds is 6. The number of carbonyl (C=O) groups excluding carboxylic acids is 1. The van der Waals surface area contributed by atoms with E-state index in [4.69, 9.17) is 5.73 Å². The number of nitrogens with zero attached hydrogens (tertiary/aromatic N) is 2. The van der Waals surface area contributed by atoms with Crippen LogP contribution in [0.3, 0.4) is 0 Å². The molecule has 0 saturated heterocycles. The highest BCUT2D eigenvalue weighted by molar-refractivity contribution is 8.05. The maximum Gasteiger partial charge on any atom is 0.256 e. The quantitative estimate of drug-likeness (QED) is 0.659. The van der Waals surface area contributed by atoms with E-state index in [2.05, 4.69) is 66.5 Å². The number of hydrogen-bond donors (Lipinski definition) is 3. The van der Waals surface area contributed by atoms with Crippen molar-refractivity contribution in [1.29, 1.82) is 0 Å². The second kappa shape index (κ2) is 8.06. The lowest BCUT2D eigenvalue weighted by atomic mass is 9.86. The zero-order valence-corrected chi connectivity index (χ0v) is 18.6. The monoisotopic (exact) mass is 411 g/mol. The molecule has 7 heteroatoms. The molecule has 1 aliphatic heterocycles. The molecule has 0 aliphatic carbocycles. The summed E-state index contributed by atoms with van der Waals surface area (Å²) < 4.78 is 0. The summed E-state index contributed by atoms with van der Waals surface area (Å²) in [4.78, 5) is 20.6. The number of nitrogens with one attached hydrogen (secondary N) is 2. The highest BCUT2D eigenvalue weighted by Gasteiger charge is 2.43. The Bertz CT molecular complexity index is 923. The van der Waals surface area contributed by atoms with Crippen LogP contribution in [-0.4, -0.2) is 15.9 Å². The Labute approximate surface area is 176 Å². The molecule has 0 radical (unpaired) electrons. The van der Waals surface area contributed by atoms with Crippen molar-refractivity contribution in [3.05, 3.63) is 63.6 Å². The van der Waals surface area contributed by atoms with Gasteiger partial charge in [-0.05, 0) is 36.8 Å². The van der Waals surface area contributed by atoms with Gasteiger partial charge in [0.2, 0.25) is 0 Å². The van der Waals surface area contributed by atoms with Crippen LogP contribution in [0.2, 0.25) is 0 Å². The third-order valence-electron chi connectivity index (χ3n) is 4.91. The van der Waals surface area contributed by atoms with Crippen molar-refractivity contribution in [3.63, 3.8) is 0 Å². The molecule has 0 spiro atoms. The molecule has 2 aromatic rings. The van der Waals surface area contributed by atoms with Gasteiger partial charge in [0.05, 0.1) is 4.91 Å². The molecule has 29 heavy (non-hydrogen) atoms. The zero-order valence-electron chi connectivity index (χ0n) is 17.8. The molecule has 0 saturated carbocycles. The predicted molar refractivity (Wildman–Crippen MR) is 119 cm³/mol. The molecular weight excluding hydrogens is 382 g/mol. The molecule has 1 aromatic carbocycles. The fourth-order valence-electron chi connectivity index (χ4n) is 3.68. The summed E-state index contributed by atoms with van der Waals surface area (Å²) >= 11 is 1.39. The Hall–Kier alpha value is -2.54. The Morgan fingerprint density at radius 2 is 1.76 bits per heavy atom. The first-order valence-corrected chi connectivity index (χ1v) is 10.6. The summed E-state index contributed by atoms with van der Waals surface area (Å²) in [6.07, 6.45) is 1.70. The predicted octanol–water partition coefficient (Wildman–Crippen LogP) is 4.23. The normalized spacial score (nSPS) is 18.7. The molecule has 1 unspecified atom stereocenters. The fourth-order valence-corrected chi connectivity index (χ4v) is 4.84. The largest absolute Gasteiger partial charge is 0.365 e. The van der Waals surface area contributed by atoms with Gasteiger partial charge in [-0.25, -0.2) is 9.97 Å². The maximum atomic E-state index is 12.0. The van der Waals surface area contributed by atoms with Gasteiger partial charge in [-0.2, -0.15) is 0 Å². The van der Waals surface area contributed by atoms with Gasteiger partial charge in [-0.3, -0.25) is 4.79 Å². The first kappa shape index (κ1) is 21.2. The highest BCUT2D eigenvalue weighted by Crippen LogP contribution is 2.48. The number of nitrogens with two attached hydrogens (primary N) is 1. The van der Waals surface area contributed by atoms with Crippen LogP contribution >= 0.6 is 11.8 Å². The number of primary amides is 1. The fraction of sp³-hybridized carbons (Fsp3) is 0.409. The molecule has 4 N–H and O–H groups in total. The van der Waals surface area contributed by atoms with Crippen LogP contribution in [0.4, 0.5) is 5.82 Å². The van der Waals surface area contributed by atoms with E-state index in [0.29, 0.717) is 28.4 Å². The van der Waals surface area contributed by atoms with Crippen molar-refractivity contribution in [2.24, 2.45) is 5.73 Å². The van der Waals surface area contributed by atoms with Crippen molar-refractivity contribution in [2.45, 2.75) is 58.4 Å². The molecule has 6 nitrogen and oxygen atoms in total. The summed E-state index contributed by atoms with van der Waals surface area (Å²) in [5.74, 6) is 1.54. The van der Waals surface area contributed by atoms with E-state index in [-0.39, 0.29) is 0 Å². The van der Waals surface area contributed by atoms with E-state index < -0.39 is 10.9 Å². The zero-order chi connectivity index (χ0) is 21.3. The topological polar surface area (TPSA) is 92.9 Å². The number of benzene rings is 1. The third-order valence-corrected chi connectivity index (χ3v) is 6.18. The summed E-state index contributed by atoms with van der Waals surface area (Å²) in [6.45, 7) is 12.5. The second-order valence-corrected chi connectivity index (χ2v) is 9.24. The minimum atomic E-state index is -0.794. The Morgan fingerprint density at radius 1 is 1.14 bits per heavy atom. The lowest BCUT2D eigenvalue weighted by Gasteiger charge is -2.36. The minimum Gasteiger partial charge on any atom is -0.365 e. The number of hydrogen-bond acceptors (Lipinski definition) is 6. The number of anilines is 1. The molecular formula is C22H29N5OS. The van der Waals surface area contributed by atoms with Crippen LogP contribution in [0.25, 0.3) is 0 Å². The van der Waals surface area contributed by atoms with E-state index in [1.165, 1.54) is 22.9 Å². The average molecular weight is 412 g/mol. The van der Waals surface area contributed by atoms with E-state index in [1.54, 1.807) is 6.20 Å². The number of carbonyl (C=O) groups is 1. The summed E-state index contributed by atoms with van der Waals surface area (Å²) in [5, 5.41) is 6.99. The van der Waals surface area contributed by atoms with Crippen molar-refractivity contribution < 1.29 is 4.79 Å². The Kier molecular flexibility index (Phi) is 5.89. The van der Waals surface area contributed by atoms with Crippen molar-refractivity contribution in [1.82, 2.24) is 15.3 Å². The van der Waals surface area contributed by atoms with Gasteiger partial charge >= 0.3 is 0 Å². The summed E-state index contributed by atoms with van der Waals surface area (Å²) in [5.41, 5.74) is 10.0. The van der Waals surface area contributed by atoms with Gasteiger partial charge in [0.1, 0.15) is 11.6 Å². The summed E-state index contributed by atoms with van der Waals surface area (Å²) in [7, 11) is 0. The molecule has 0 bridgehead atoms. The molecule has 1 aliphatic rings. The van der Waals surface area contributed by atoms with Gasteiger partial charge in [-0.1, -0.05) is 57.7 Å². The van der Waals surface area contributed by atoms with Crippen molar-refractivity contribution >= 4 is 23.5 Å². The summed E-state index contributed by atoms with van der Waals surface area (Å²) in [6, 6.07) is 8.31. The van der Waals surface area contributed by atoms with E-state index >= 15 is 0 Å². The Morgan fingerprint density at radius 3 is 2.24 bits per heavy atom. The van der Waals surface area contributed by atoms with Crippen LogP contribution in [-0.2, 0) is 9.79 Å².